The average Bonchev–Trinajstić information content (AvgIpc) is 2.60. The van der Waals surface area contributed by atoms with Crippen LogP contribution in [-0.2, 0) is 13.6 Å². The standard InChI is InChI=1S/C15H17N2O5P/c1-21-23(20,22-2)15(16-13-6-4-3-5-7-13)12-8-10-14(11-9-12)17(18)19/h3-11,15-16H,1-2H3/t15-/m1/s1. The van der Waals surface area contributed by atoms with Crippen molar-refractivity contribution >= 4 is 19.0 Å². The van der Waals surface area contributed by atoms with Crippen LogP contribution in [0.2, 0.25) is 0 Å². The SMILES string of the molecule is COP(=O)(OC)[C@@H](Nc1ccccc1)c1ccc([N+](=O)[O-])cc1. The number of hydrogen-bond donors (Lipinski definition) is 1. The first-order valence-electron chi connectivity index (χ1n) is 6.77. The quantitative estimate of drug-likeness (QED) is 0.463. The second-order valence-corrected chi connectivity index (χ2v) is 6.99. The molecule has 0 unspecified atom stereocenters. The summed E-state index contributed by atoms with van der Waals surface area (Å²) in [5.74, 6) is -0.791. The molecule has 0 spiro atoms. The molecular weight excluding hydrogens is 319 g/mol. The van der Waals surface area contributed by atoms with Gasteiger partial charge in [0.15, 0.2) is 5.78 Å². The highest BCUT2D eigenvalue weighted by Gasteiger charge is 2.35. The molecule has 0 radical (unpaired) electrons. The van der Waals surface area contributed by atoms with Crippen LogP contribution < -0.4 is 5.32 Å². The molecular formula is C15H17N2O5P. The van der Waals surface area contributed by atoms with Gasteiger partial charge in [0.1, 0.15) is 0 Å². The van der Waals surface area contributed by atoms with Crippen LogP contribution in [0.1, 0.15) is 11.3 Å². The first-order chi connectivity index (χ1) is 11.0. The lowest BCUT2D eigenvalue weighted by Crippen LogP contribution is -2.13. The van der Waals surface area contributed by atoms with Gasteiger partial charge in [0, 0.05) is 32.0 Å². The normalized spacial score (nSPS) is 12.6. The summed E-state index contributed by atoms with van der Waals surface area (Å²) in [6.45, 7) is 0. The van der Waals surface area contributed by atoms with Gasteiger partial charge in [0.05, 0.1) is 4.92 Å². The largest absolute Gasteiger partial charge is 0.368 e. The summed E-state index contributed by atoms with van der Waals surface area (Å²) >= 11 is 0. The number of nitro benzene ring substituents is 1. The van der Waals surface area contributed by atoms with Gasteiger partial charge in [-0.3, -0.25) is 14.7 Å². The molecule has 2 aromatic carbocycles. The zero-order valence-electron chi connectivity index (χ0n) is 12.7. The Labute approximate surface area is 133 Å². The maximum atomic E-state index is 12.8. The Hall–Kier alpha value is -2.21. The first-order valence-corrected chi connectivity index (χ1v) is 8.38. The summed E-state index contributed by atoms with van der Waals surface area (Å²) in [5, 5.41) is 13.9. The predicted molar refractivity (Wildman–Crippen MR) is 87.5 cm³/mol. The van der Waals surface area contributed by atoms with E-state index in [2.05, 4.69) is 5.32 Å². The maximum absolute atomic E-state index is 12.8. The summed E-state index contributed by atoms with van der Waals surface area (Å²) in [5.41, 5.74) is 1.24. The van der Waals surface area contributed by atoms with Crippen molar-refractivity contribution in [2.24, 2.45) is 0 Å². The van der Waals surface area contributed by atoms with Gasteiger partial charge in [-0.25, -0.2) is 0 Å². The maximum Gasteiger partial charge on any atom is 0.356 e. The molecule has 0 bridgehead atoms. The monoisotopic (exact) mass is 336 g/mol. The molecule has 0 aliphatic heterocycles. The van der Waals surface area contributed by atoms with Crippen LogP contribution in [-0.4, -0.2) is 19.1 Å². The van der Waals surface area contributed by atoms with Crippen molar-refractivity contribution in [2.45, 2.75) is 5.78 Å². The fraction of sp³-hybridized carbons (Fsp3) is 0.200. The van der Waals surface area contributed by atoms with Gasteiger partial charge in [-0.15, -0.1) is 0 Å². The number of benzene rings is 2. The van der Waals surface area contributed by atoms with Crippen LogP contribution >= 0.6 is 7.60 Å². The number of nitrogens with one attached hydrogen (secondary N) is 1. The molecule has 0 aromatic heterocycles. The molecule has 1 N–H and O–H groups in total. The van der Waals surface area contributed by atoms with Crippen molar-refractivity contribution in [3.63, 3.8) is 0 Å². The van der Waals surface area contributed by atoms with Gasteiger partial charge < -0.3 is 14.4 Å². The molecule has 8 heteroatoms. The van der Waals surface area contributed by atoms with Gasteiger partial charge in [0.25, 0.3) is 5.69 Å². The van der Waals surface area contributed by atoms with E-state index in [0.717, 1.165) is 5.69 Å². The van der Waals surface area contributed by atoms with Crippen molar-refractivity contribution in [1.82, 2.24) is 0 Å². The first kappa shape index (κ1) is 17.1. The summed E-state index contributed by atoms with van der Waals surface area (Å²) in [6, 6.07) is 14.9. The Kier molecular flexibility index (Phi) is 5.50. The number of rotatable bonds is 7. The molecule has 0 amide bonds. The number of hydrogen-bond acceptors (Lipinski definition) is 6. The van der Waals surface area contributed by atoms with E-state index in [1.165, 1.54) is 38.5 Å². The fourth-order valence-corrected chi connectivity index (χ4v) is 3.52. The lowest BCUT2D eigenvalue weighted by Gasteiger charge is -2.26. The Morgan fingerprint density at radius 2 is 1.61 bits per heavy atom. The van der Waals surface area contributed by atoms with Crippen molar-refractivity contribution in [3.05, 3.63) is 70.3 Å². The molecule has 2 rings (SSSR count). The Morgan fingerprint density at radius 1 is 1.04 bits per heavy atom. The van der Waals surface area contributed by atoms with E-state index in [-0.39, 0.29) is 5.69 Å². The molecule has 0 saturated heterocycles. The van der Waals surface area contributed by atoms with Gasteiger partial charge in [-0.2, -0.15) is 0 Å². The van der Waals surface area contributed by atoms with E-state index in [9.17, 15) is 14.7 Å². The highest BCUT2D eigenvalue weighted by Crippen LogP contribution is 2.59. The van der Waals surface area contributed by atoms with Gasteiger partial charge in [0.2, 0.25) is 0 Å². The van der Waals surface area contributed by atoms with E-state index in [1.807, 2.05) is 30.3 Å². The van der Waals surface area contributed by atoms with Gasteiger partial charge in [-0.05, 0) is 29.8 Å². The van der Waals surface area contributed by atoms with Crippen LogP contribution in [0, 0.1) is 10.1 Å². The number of non-ortho nitro benzene ring substituents is 1. The van der Waals surface area contributed by atoms with Gasteiger partial charge in [-0.1, -0.05) is 18.2 Å². The van der Waals surface area contributed by atoms with E-state index < -0.39 is 18.3 Å². The molecule has 0 fully saturated rings. The van der Waals surface area contributed by atoms with Crippen LogP contribution in [0.25, 0.3) is 0 Å². The number of nitrogens with zero attached hydrogens (tertiary/aromatic N) is 1. The zero-order chi connectivity index (χ0) is 16.9. The van der Waals surface area contributed by atoms with Gasteiger partial charge >= 0.3 is 7.60 Å². The predicted octanol–water partition coefficient (Wildman–Crippen LogP) is 4.19. The molecule has 122 valence electrons. The molecule has 0 saturated carbocycles. The minimum absolute atomic E-state index is 0.0446. The van der Waals surface area contributed by atoms with Crippen molar-refractivity contribution < 1.29 is 18.5 Å². The molecule has 1 atom stereocenters. The second kappa shape index (κ2) is 7.37. The third-order valence-electron chi connectivity index (χ3n) is 3.32. The highest BCUT2D eigenvalue weighted by molar-refractivity contribution is 7.54. The number of anilines is 1. The minimum Gasteiger partial charge on any atom is -0.368 e. The molecule has 0 aliphatic carbocycles. The fourth-order valence-electron chi connectivity index (χ4n) is 2.10. The van der Waals surface area contributed by atoms with Crippen molar-refractivity contribution in [3.8, 4) is 0 Å². The second-order valence-electron chi connectivity index (χ2n) is 4.67. The third-order valence-corrected chi connectivity index (χ3v) is 5.40. The van der Waals surface area contributed by atoms with Crippen LogP contribution in [0.4, 0.5) is 11.4 Å². The van der Waals surface area contributed by atoms with E-state index >= 15 is 0 Å². The lowest BCUT2D eigenvalue weighted by atomic mass is 10.2. The van der Waals surface area contributed by atoms with Crippen LogP contribution in [0.5, 0.6) is 0 Å². The Bertz CT molecular complexity index is 698. The molecule has 23 heavy (non-hydrogen) atoms. The number of nitro groups is 1. The number of para-hydroxylation sites is 1. The zero-order valence-corrected chi connectivity index (χ0v) is 13.6. The molecule has 0 aliphatic rings. The topological polar surface area (TPSA) is 90.7 Å². The summed E-state index contributed by atoms with van der Waals surface area (Å²) in [7, 11) is -0.897. The summed E-state index contributed by atoms with van der Waals surface area (Å²) in [6.07, 6.45) is 0. The van der Waals surface area contributed by atoms with E-state index in [4.69, 9.17) is 9.05 Å². The van der Waals surface area contributed by atoms with E-state index in [1.54, 1.807) is 0 Å². The van der Waals surface area contributed by atoms with Crippen molar-refractivity contribution in [1.29, 1.82) is 0 Å². The minimum atomic E-state index is -3.50. The third kappa shape index (κ3) is 3.96. The average molecular weight is 336 g/mol. The van der Waals surface area contributed by atoms with Crippen molar-refractivity contribution in [2.75, 3.05) is 19.5 Å². The smallest absolute Gasteiger partial charge is 0.356 e. The molecule has 0 heterocycles. The lowest BCUT2D eigenvalue weighted by molar-refractivity contribution is -0.384. The Balaban J connectivity index is 2.40. The molecule has 7 nitrogen and oxygen atoms in total. The highest BCUT2D eigenvalue weighted by atomic mass is 31.2. The van der Waals surface area contributed by atoms with E-state index in [0.29, 0.717) is 5.56 Å². The van der Waals surface area contributed by atoms with Crippen LogP contribution in [0.3, 0.4) is 0 Å². The molecule has 2 aromatic rings. The summed E-state index contributed by atoms with van der Waals surface area (Å²) in [4.78, 5) is 10.3. The van der Waals surface area contributed by atoms with Crippen LogP contribution in [0.15, 0.2) is 54.6 Å². The summed E-state index contributed by atoms with van der Waals surface area (Å²) < 4.78 is 23.0. The Morgan fingerprint density at radius 3 is 2.09 bits per heavy atom.